The van der Waals surface area contributed by atoms with Crippen LogP contribution in [-0.2, 0) is 29.3 Å². The molecule has 0 N–H and O–H groups in total. The Hall–Kier alpha value is -0.870. The van der Waals surface area contributed by atoms with Crippen LogP contribution < -0.4 is 0 Å². The molecule has 1 aromatic rings. The van der Waals surface area contributed by atoms with Gasteiger partial charge < -0.3 is 0 Å². The largest absolute Gasteiger partial charge is 0.276 e. The Balaban J connectivity index is 3.36. The van der Waals surface area contributed by atoms with E-state index in [1.54, 1.807) is 6.07 Å². The smallest absolute Gasteiger partial charge is 0.252 e. The molecule has 100 valence electrons. The number of benzene rings is 1. The van der Waals surface area contributed by atoms with Gasteiger partial charge in [0.2, 0.25) is 0 Å². The van der Waals surface area contributed by atoms with Gasteiger partial charge in [-0.1, -0.05) is 26.3 Å². The lowest BCUT2D eigenvalue weighted by atomic mass is 9.95. The molecule has 3 nitrogen and oxygen atoms in total. The van der Waals surface area contributed by atoms with Gasteiger partial charge in [-0.05, 0) is 47.2 Å². The molecule has 0 saturated heterocycles. The summed E-state index contributed by atoms with van der Waals surface area (Å²) in [6.45, 7) is 3.98. The number of thiol groups is 1. The van der Waals surface area contributed by atoms with E-state index in [1.807, 2.05) is 19.9 Å². The summed E-state index contributed by atoms with van der Waals surface area (Å²) < 4.78 is 21.8. The fourth-order valence-corrected chi connectivity index (χ4v) is 2.75. The minimum Gasteiger partial charge on any atom is -0.276 e. The molecule has 0 aliphatic rings. The molecular formula is C13H17ClO3S. The number of hydrogen-bond donors (Lipinski definition) is 1. The quantitative estimate of drug-likeness (QED) is 0.647. The summed E-state index contributed by atoms with van der Waals surface area (Å²) in [7, 11) is -2.50. The molecule has 0 heterocycles. The van der Waals surface area contributed by atoms with Crippen LogP contribution >= 0.6 is 11.6 Å². The number of rotatable bonds is 6. The Morgan fingerprint density at radius 3 is 2.28 bits per heavy atom. The van der Waals surface area contributed by atoms with Crippen molar-refractivity contribution < 1.29 is 13.2 Å². The molecule has 5 heteroatoms. The van der Waals surface area contributed by atoms with E-state index in [-0.39, 0.29) is 5.75 Å². The van der Waals surface area contributed by atoms with Gasteiger partial charge in [-0.3, -0.25) is 4.79 Å². The molecule has 0 atom stereocenters. The van der Waals surface area contributed by atoms with Crippen molar-refractivity contribution in [3.63, 3.8) is 0 Å². The maximum Gasteiger partial charge on any atom is 0.252 e. The van der Waals surface area contributed by atoms with Crippen LogP contribution in [0.25, 0.3) is 0 Å². The number of carbonyl (C=O) groups excluding carboxylic acids is 1. The Kier molecular flexibility index (Phi) is 5.82. The van der Waals surface area contributed by atoms with E-state index in [1.165, 1.54) is 0 Å². The van der Waals surface area contributed by atoms with E-state index in [0.717, 1.165) is 24.0 Å². The second kappa shape index (κ2) is 6.90. The van der Waals surface area contributed by atoms with Gasteiger partial charge in [0.25, 0.3) is 5.24 Å². The lowest BCUT2D eigenvalue weighted by Gasteiger charge is -2.12. The average molecular weight is 289 g/mol. The first-order chi connectivity index (χ1) is 8.49. The summed E-state index contributed by atoms with van der Waals surface area (Å²) >= 11 is 5.54. The number of hydrogen-bond acceptors (Lipinski definition) is 3. The third-order valence-corrected chi connectivity index (χ3v) is 3.64. The fourth-order valence-electron chi connectivity index (χ4n) is 2.00. The van der Waals surface area contributed by atoms with Gasteiger partial charge in [-0.15, -0.1) is 0 Å². The highest BCUT2D eigenvalue weighted by molar-refractivity contribution is 7.71. The van der Waals surface area contributed by atoms with Gasteiger partial charge in [-0.2, -0.15) is 0 Å². The number of aryl methyl sites for hydroxylation is 2. The zero-order valence-electron chi connectivity index (χ0n) is 10.5. The Morgan fingerprint density at radius 2 is 1.83 bits per heavy atom. The van der Waals surface area contributed by atoms with Crippen molar-refractivity contribution in [1.82, 2.24) is 0 Å². The number of halogens is 1. The number of carbonyl (C=O) groups is 1. The summed E-state index contributed by atoms with van der Waals surface area (Å²) in [5.74, 6) is -0.0359. The lowest BCUT2D eigenvalue weighted by Crippen LogP contribution is -2.04. The van der Waals surface area contributed by atoms with E-state index in [2.05, 4.69) is 0 Å². The first-order valence-corrected chi connectivity index (χ1v) is 7.69. The van der Waals surface area contributed by atoms with Gasteiger partial charge in [0.15, 0.2) is 0 Å². The van der Waals surface area contributed by atoms with Crippen molar-refractivity contribution in [3.8, 4) is 0 Å². The molecule has 0 spiro atoms. The predicted octanol–water partition coefficient (Wildman–Crippen LogP) is 2.69. The summed E-state index contributed by atoms with van der Waals surface area (Å²) in [5, 5.41) is -0.530. The second-order valence-corrected chi connectivity index (χ2v) is 5.47. The highest BCUT2D eigenvalue weighted by atomic mass is 35.5. The van der Waals surface area contributed by atoms with Gasteiger partial charge in [0, 0.05) is 5.56 Å². The Labute approximate surface area is 114 Å². The summed E-state index contributed by atoms with van der Waals surface area (Å²) in [6.07, 6.45) is 2.44. The normalized spacial score (nSPS) is 10.9. The second-order valence-electron chi connectivity index (χ2n) is 4.15. The average Bonchev–Trinajstić information content (AvgIpc) is 2.30. The van der Waals surface area contributed by atoms with Crippen molar-refractivity contribution >= 4 is 27.5 Å². The summed E-state index contributed by atoms with van der Waals surface area (Å²) in [5.41, 5.74) is 2.98. The van der Waals surface area contributed by atoms with Gasteiger partial charge >= 0.3 is 0 Å². The predicted molar refractivity (Wildman–Crippen MR) is 74.0 cm³/mol. The maximum absolute atomic E-state index is 11.3. The molecule has 0 aliphatic heterocycles. The van der Waals surface area contributed by atoms with Crippen LogP contribution in [0.1, 0.15) is 47.3 Å². The molecule has 0 bridgehead atoms. The molecule has 0 unspecified atom stereocenters. The highest BCUT2D eigenvalue weighted by Gasteiger charge is 2.13. The molecule has 0 amide bonds. The van der Waals surface area contributed by atoms with E-state index in [4.69, 9.17) is 11.6 Å². The van der Waals surface area contributed by atoms with Crippen molar-refractivity contribution in [1.29, 1.82) is 0 Å². The monoisotopic (exact) mass is 288 g/mol. The highest BCUT2D eigenvalue weighted by Crippen LogP contribution is 2.21. The van der Waals surface area contributed by atoms with Gasteiger partial charge in [0.1, 0.15) is 10.7 Å². The summed E-state index contributed by atoms with van der Waals surface area (Å²) in [4.78, 5) is 11.3. The van der Waals surface area contributed by atoms with E-state index in [9.17, 15) is 13.2 Å². The molecule has 18 heavy (non-hydrogen) atoms. The Bertz CT molecular complexity index is 513. The molecule has 1 rings (SSSR count). The van der Waals surface area contributed by atoms with Gasteiger partial charge in [-0.25, -0.2) is 8.42 Å². The first-order valence-electron chi connectivity index (χ1n) is 5.95. The van der Waals surface area contributed by atoms with Crippen molar-refractivity contribution in [2.24, 2.45) is 0 Å². The van der Waals surface area contributed by atoms with Crippen LogP contribution in [0.15, 0.2) is 12.1 Å². The third-order valence-electron chi connectivity index (χ3n) is 2.84. The van der Waals surface area contributed by atoms with E-state index < -0.39 is 15.9 Å². The molecule has 1 aromatic carbocycles. The SMILES string of the molecule is CCCc1cc(CC)c(C(=O)Cl)cc1C[SH](=O)=O. The van der Waals surface area contributed by atoms with Crippen LogP contribution in [0.5, 0.6) is 0 Å². The molecule has 0 saturated carbocycles. The molecule has 0 aliphatic carbocycles. The van der Waals surface area contributed by atoms with Gasteiger partial charge in [0.05, 0.1) is 5.75 Å². The van der Waals surface area contributed by atoms with Crippen LogP contribution in [0.4, 0.5) is 0 Å². The molecular weight excluding hydrogens is 272 g/mol. The van der Waals surface area contributed by atoms with Crippen molar-refractivity contribution in [3.05, 3.63) is 34.4 Å². The van der Waals surface area contributed by atoms with Crippen molar-refractivity contribution in [2.45, 2.75) is 38.9 Å². The molecule has 0 fully saturated rings. The standard InChI is InChI=1S/C13H17ClO3S/c1-3-5-10-6-9(4-2)12(13(14)15)7-11(10)8-18(16)17/h6-7,18H,3-5,8H2,1-2H3. The van der Waals surface area contributed by atoms with E-state index in [0.29, 0.717) is 17.5 Å². The zero-order valence-corrected chi connectivity index (χ0v) is 12.2. The summed E-state index contributed by atoms with van der Waals surface area (Å²) in [6, 6.07) is 3.54. The van der Waals surface area contributed by atoms with Crippen LogP contribution in [0, 0.1) is 0 Å². The van der Waals surface area contributed by atoms with Crippen LogP contribution in [0.3, 0.4) is 0 Å². The van der Waals surface area contributed by atoms with Crippen LogP contribution in [-0.4, -0.2) is 13.7 Å². The fraction of sp³-hybridized carbons (Fsp3) is 0.462. The minimum atomic E-state index is -2.50. The molecule has 0 aromatic heterocycles. The molecule has 0 radical (unpaired) electrons. The minimum absolute atomic E-state index is 0.0359. The first kappa shape index (κ1) is 15.2. The van der Waals surface area contributed by atoms with Crippen LogP contribution in [0.2, 0.25) is 0 Å². The lowest BCUT2D eigenvalue weighted by molar-refractivity contribution is 0.108. The zero-order chi connectivity index (χ0) is 13.7. The third kappa shape index (κ3) is 3.82. The Morgan fingerprint density at radius 1 is 1.17 bits per heavy atom. The van der Waals surface area contributed by atoms with E-state index >= 15 is 0 Å². The maximum atomic E-state index is 11.3. The topological polar surface area (TPSA) is 51.2 Å². The van der Waals surface area contributed by atoms with Crippen molar-refractivity contribution in [2.75, 3.05) is 0 Å².